The predicted octanol–water partition coefficient (Wildman–Crippen LogP) is 7.70. The third kappa shape index (κ3) is 6.67. The number of carbonyl (C=O) groups excluding carboxylic acids is 1. The van der Waals surface area contributed by atoms with Crippen molar-refractivity contribution in [2.45, 2.75) is 96.7 Å². The lowest BCUT2D eigenvalue weighted by Gasteiger charge is -2.35. The van der Waals surface area contributed by atoms with E-state index in [0.29, 0.717) is 89.3 Å². The van der Waals surface area contributed by atoms with Gasteiger partial charge in [-0.2, -0.15) is 9.46 Å². The highest BCUT2D eigenvalue weighted by Gasteiger charge is 2.59. The van der Waals surface area contributed by atoms with Gasteiger partial charge >= 0.3 is 11.4 Å². The highest BCUT2D eigenvalue weighted by Crippen LogP contribution is 2.56. The van der Waals surface area contributed by atoms with Gasteiger partial charge in [0.1, 0.15) is 22.9 Å². The molecule has 1 saturated carbocycles. The van der Waals surface area contributed by atoms with Gasteiger partial charge in [-0.3, -0.25) is 23.4 Å². The maximum absolute atomic E-state index is 15.6. The van der Waals surface area contributed by atoms with Crippen LogP contribution in [0.1, 0.15) is 109 Å². The quantitative estimate of drug-likeness (QED) is 0.170. The highest BCUT2D eigenvalue weighted by atomic mass is 32.2. The van der Waals surface area contributed by atoms with Crippen LogP contribution in [0.2, 0.25) is 0 Å². The number of hydrogen-bond donors (Lipinski definition) is 1. The Morgan fingerprint density at radius 3 is 2.42 bits per heavy atom. The van der Waals surface area contributed by atoms with Crippen molar-refractivity contribution in [3.63, 3.8) is 0 Å². The third-order valence-electron chi connectivity index (χ3n) is 14.5. The number of nitrogens with zero attached hydrogens (tertiary/aromatic N) is 8. The molecule has 11 rings (SSSR count). The number of nitrogens with one attached hydrogen (secondary N) is 1. The number of fused-ring (bicyclic) bond motifs is 3. The van der Waals surface area contributed by atoms with Gasteiger partial charge in [-0.15, -0.1) is 0 Å². The first-order chi connectivity index (χ1) is 31.4. The van der Waals surface area contributed by atoms with Crippen molar-refractivity contribution in [1.29, 1.82) is 0 Å². The molecule has 1 saturated heterocycles. The van der Waals surface area contributed by atoms with Crippen molar-refractivity contribution in [1.82, 2.24) is 38.5 Å². The molecule has 0 spiro atoms. The first kappa shape index (κ1) is 42.3. The largest absolute Gasteiger partial charge is 0.438 e. The van der Waals surface area contributed by atoms with E-state index in [4.69, 9.17) is 14.4 Å². The number of benzene rings is 3. The molecule has 0 radical (unpaired) electrons. The van der Waals surface area contributed by atoms with Gasteiger partial charge in [0.2, 0.25) is 0 Å². The smallest absolute Gasteiger partial charge is 0.376 e. The van der Waals surface area contributed by atoms with Crippen molar-refractivity contribution in [3.8, 4) is 17.2 Å². The van der Waals surface area contributed by atoms with Crippen LogP contribution >= 0.6 is 0 Å². The first-order valence-electron chi connectivity index (χ1n) is 22.6. The normalized spacial score (nSPS) is 24.5. The Morgan fingerprint density at radius 2 is 1.71 bits per heavy atom. The maximum Gasteiger partial charge on any atom is 0.438 e. The molecule has 66 heavy (non-hydrogen) atoms. The summed E-state index contributed by atoms with van der Waals surface area (Å²) >= 11 is 0. The second-order valence-corrected chi connectivity index (χ2v) is 22.0. The Kier molecular flexibility index (Phi) is 9.51. The molecule has 7 heterocycles. The Labute approximate surface area is 380 Å². The van der Waals surface area contributed by atoms with Crippen LogP contribution in [0.4, 0.5) is 10.1 Å². The highest BCUT2D eigenvalue weighted by molar-refractivity contribution is 7.93. The SMILES string of the molecule is Cc1cc(-n2nc3c(c2-n2ccn(-c4ccc5c(c4)CC[S@@](C)(=O)=N5)c2=O)[C@H](C)N(C(=O)c2cc4cc([C@H]5CCOC(C)(C)C5)ccc4n2[C@@]2(c4noc(=O)[nH]4)C[C@@H]2C)CC3)cc(C)c1F. The third-order valence-corrected chi connectivity index (χ3v) is 16.0. The van der Waals surface area contributed by atoms with Crippen molar-refractivity contribution in [2.75, 3.05) is 25.2 Å². The van der Waals surface area contributed by atoms with E-state index in [1.54, 1.807) is 70.6 Å². The molecule has 3 aromatic carbocycles. The maximum atomic E-state index is 15.6. The molecule has 17 heteroatoms. The summed E-state index contributed by atoms with van der Waals surface area (Å²) in [7, 11) is -2.31. The standard InChI is InChI=1S/C49H52FN9O6S/c1-27-20-36(21-28(2)42(27)50)59-43(57-17-16-56(47(57)62)35-9-10-37-32(23-35)14-19-66(7,63)54-37)41-30(4)55(15-12-38(41)52-59)44(60)40-24-34-22-31(33-13-18-64-48(5,6)26-33)8-11-39(34)58(40)49(25-29(49)3)45-51-46(61)65-53-45/h8-11,16-17,20-24,29-30,33H,12-15,18-19,25-26H2,1-7H3,(H,51,53,61)/t29-,30-,33-,49-,66+/m0/s1. The molecule has 3 aliphatic heterocycles. The van der Waals surface area contributed by atoms with Crippen LogP contribution in [0.3, 0.4) is 0 Å². The van der Waals surface area contributed by atoms with Crippen molar-refractivity contribution >= 4 is 32.2 Å². The molecule has 5 atom stereocenters. The van der Waals surface area contributed by atoms with Crippen LogP contribution < -0.4 is 11.4 Å². The molecule has 1 amide bonds. The molecule has 1 N–H and O–H groups in total. The molecule has 0 bridgehead atoms. The lowest BCUT2D eigenvalue weighted by Crippen LogP contribution is -2.41. The fourth-order valence-electron chi connectivity index (χ4n) is 11.0. The fraction of sp³-hybridized carbons (Fsp3) is 0.408. The number of H-pyrrole nitrogens is 1. The number of amides is 1. The van der Waals surface area contributed by atoms with E-state index in [-0.39, 0.29) is 34.9 Å². The summed E-state index contributed by atoms with van der Waals surface area (Å²) in [5.74, 6) is 0.334. The number of aryl methyl sites for hydroxylation is 3. The Bertz CT molecular complexity index is 3410. The summed E-state index contributed by atoms with van der Waals surface area (Å²) in [5, 5.41) is 10.2. The van der Waals surface area contributed by atoms with Crippen molar-refractivity contribution in [2.24, 2.45) is 10.3 Å². The summed E-state index contributed by atoms with van der Waals surface area (Å²) in [6, 6.07) is 16.7. The number of carbonyl (C=O) groups is 1. The monoisotopic (exact) mass is 913 g/mol. The Morgan fingerprint density at radius 1 is 0.955 bits per heavy atom. The number of aromatic amines is 1. The molecule has 0 unspecified atom stereocenters. The summed E-state index contributed by atoms with van der Waals surface area (Å²) in [5.41, 5.74) is 6.06. The van der Waals surface area contributed by atoms with Crippen LogP contribution in [0, 0.1) is 25.6 Å². The number of hydrogen-bond acceptors (Lipinski definition) is 9. The van der Waals surface area contributed by atoms with E-state index in [1.807, 2.05) is 28.5 Å². The van der Waals surface area contributed by atoms with E-state index in [9.17, 15) is 13.8 Å². The van der Waals surface area contributed by atoms with Gasteiger partial charge in [0, 0.05) is 70.2 Å². The average molecular weight is 914 g/mol. The van der Waals surface area contributed by atoms with Gasteiger partial charge in [-0.25, -0.2) is 22.9 Å². The van der Waals surface area contributed by atoms with Gasteiger partial charge in [0.25, 0.3) is 5.91 Å². The minimum absolute atomic E-state index is 0.0163. The predicted molar refractivity (Wildman–Crippen MR) is 248 cm³/mol. The molecule has 342 valence electrons. The van der Waals surface area contributed by atoms with E-state index >= 15 is 9.18 Å². The number of rotatable bonds is 7. The van der Waals surface area contributed by atoms with Crippen molar-refractivity contribution < 1.29 is 22.7 Å². The van der Waals surface area contributed by atoms with Crippen LogP contribution in [-0.2, 0) is 32.8 Å². The molecule has 1 aliphatic carbocycles. The molecule has 7 aromatic rings. The summed E-state index contributed by atoms with van der Waals surface area (Å²) in [6.07, 6.45) is 8.40. The van der Waals surface area contributed by atoms with Gasteiger partial charge in [-0.05, 0) is 143 Å². The lowest BCUT2D eigenvalue weighted by molar-refractivity contribution is -0.0592. The number of imidazole rings is 1. The zero-order valence-corrected chi connectivity index (χ0v) is 38.9. The van der Waals surface area contributed by atoms with E-state index in [1.165, 1.54) is 5.56 Å². The van der Waals surface area contributed by atoms with Crippen LogP contribution in [-0.4, -0.2) is 79.4 Å². The van der Waals surface area contributed by atoms with Crippen LogP contribution in [0.15, 0.2) is 85.5 Å². The zero-order chi connectivity index (χ0) is 46.2. The van der Waals surface area contributed by atoms with Crippen LogP contribution in [0.25, 0.3) is 28.1 Å². The number of ether oxygens (including phenoxy) is 1. The lowest BCUT2D eigenvalue weighted by atomic mass is 9.83. The van der Waals surface area contributed by atoms with Crippen molar-refractivity contribution in [3.05, 3.63) is 139 Å². The molecular weight excluding hydrogens is 862 g/mol. The minimum Gasteiger partial charge on any atom is -0.376 e. The summed E-state index contributed by atoms with van der Waals surface area (Å²) in [4.78, 5) is 47.4. The van der Waals surface area contributed by atoms with E-state index in [2.05, 4.69) is 53.5 Å². The van der Waals surface area contributed by atoms with Gasteiger partial charge in [0.15, 0.2) is 5.82 Å². The Hall–Kier alpha value is -6.33. The fourth-order valence-corrected chi connectivity index (χ4v) is 12.3. The first-order valence-corrected chi connectivity index (χ1v) is 24.7. The topological polar surface area (TPSA) is 168 Å². The number of halogens is 1. The summed E-state index contributed by atoms with van der Waals surface area (Å²) < 4.78 is 50.4. The van der Waals surface area contributed by atoms with Gasteiger partial charge in [0.05, 0.1) is 34.4 Å². The van der Waals surface area contributed by atoms with E-state index < -0.39 is 27.1 Å². The zero-order valence-electron chi connectivity index (χ0n) is 38.1. The van der Waals surface area contributed by atoms with E-state index in [0.717, 1.165) is 35.0 Å². The van der Waals surface area contributed by atoms with Gasteiger partial charge in [-0.1, -0.05) is 18.1 Å². The molecular formula is C49H52FN9O6S. The average Bonchev–Trinajstić information content (AvgIpc) is 3.77. The Balaban J connectivity index is 1.05. The summed E-state index contributed by atoms with van der Waals surface area (Å²) in [6.45, 7) is 12.7. The number of aromatic nitrogens is 7. The van der Waals surface area contributed by atoms with Crippen LogP contribution in [0.5, 0.6) is 0 Å². The molecule has 15 nitrogen and oxygen atoms in total. The van der Waals surface area contributed by atoms with Gasteiger partial charge < -0.3 is 14.2 Å². The second-order valence-electron chi connectivity index (χ2n) is 19.5. The molecule has 2 fully saturated rings. The minimum atomic E-state index is -2.31. The second kappa shape index (κ2) is 14.8. The molecule has 4 aromatic heterocycles. The molecule has 4 aliphatic rings.